The van der Waals surface area contributed by atoms with Crippen LogP contribution in [0.4, 0.5) is 0 Å². The Bertz CT molecular complexity index is 136. The van der Waals surface area contributed by atoms with Gasteiger partial charge in [-0.15, -0.1) is 6.58 Å². The molecule has 0 rings (SSSR count). The van der Waals surface area contributed by atoms with Gasteiger partial charge in [0.1, 0.15) is 5.78 Å². The van der Waals surface area contributed by atoms with Gasteiger partial charge in [0.05, 0.1) is 0 Å². The highest BCUT2D eigenvalue weighted by molar-refractivity contribution is 5.78. The summed E-state index contributed by atoms with van der Waals surface area (Å²) in [6.07, 6.45) is 3.78. The fourth-order valence-corrected chi connectivity index (χ4v) is 1.30. The van der Waals surface area contributed by atoms with Crippen LogP contribution in [0.3, 0.4) is 0 Å². The van der Waals surface area contributed by atoms with Crippen molar-refractivity contribution in [3.63, 3.8) is 0 Å². The summed E-state index contributed by atoms with van der Waals surface area (Å²) in [6.45, 7) is 9.50. The maximum absolute atomic E-state index is 11.1. The van der Waals surface area contributed by atoms with Gasteiger partial charge in [-0.25, -0.2) is 0 Å². The third-order valence-corrected chi connectivity index (χ3v) is 2.01. The summed E-state index contributed by atoms with van der Waals surface area (Å²) in [7, 11) is 0. The van der Waals surface area contributed by atoms with E-state index in [4.69, 9.17) is 0 Å². The van der Waals surface area contributed by atoms with Crippen LogP contribution >= 0.6 is 0 Å². The number of allylic oxidation sites excluding steroid dienone is 1. The Balaban J connectivity index is 3.89. The summed E-state index contributed by atoms with van der Waals surface area (Å²) in [6, 6.07) is 0. The molecule has 1 unspecified atom stereocenters. The summed E-state index contributed by atoms with van der Waals surface area (Å²) in [5.74, 6) is 1.00. The number of carbonyl (C=O) groups is 1. The predicted octanol–water partition coefficient (Wildman–Crippen LogP) is 2.81. The van der Waals surface area contributed by atoms with E-state index in [1.54, 1.807) is 6.92 Å². The van der Waals surface area contributed by atoms with Gasteiger partial charge in [-0.3, -0.25) is 4.79 Å². The van der Waals surface area contributed by atoms with Crippen LogP contribution in [0.1, 0.15) is 33.6 Å². The Morgan fingerprint density at radius 2 is 2.09 bits per heavy atom. The Hall–Kier alpha value is -0.590. The lowest BCUT2D eigenvalue weighted by Crippen LogP contribution is -2.16. The van der Waals surface area contributed by atoms with Crippen molar-refractivity contribution in [1.82, 2.24) is 0 Å². The van der Waals surface area contributed by atoms with Crippen LogP contribution in [-0.4, -0.2) is 5.78 Å². The normalized spacial score (nSPS) is 13.1. The Labute approximate surface area is 69.5 Å². The first-order chi connectivity index (χ1) is 5.09. The second-order valence-corrected chi connectivity index (χ2v) is 3.33. The van der Waals surface area contributed by atoms with E-state index in [0.29, 0.717) is 11.7 Å². The SMILES string of the molecule is C=CCCC(C(C)=O)C(C)C. The van der Waals surface area contributed by atoms with E-state index in [0.717, 1.165) is 12.8 Å². The second-order valence-electron chi connectivity index (χ2n) is 3.33. The molecule has 0 aromatic heterocycles. The van der Waals surface area contributed by atoms with Gasteiger partial charge in [0.25, 0.3) is 0 Å². The van der Waals surface area contributed by atoms with Crippen molar-refractivity contribution in [3.05, 3.63) is 12.7 Å². The van der Waals surface area contributed by atoms with Crippen LogP contribution < -0.4 is 0 Å². The molecule has 0 heterocycles. The van der Waals surface area contributed by atoms with E-state index in [1.807, 2.05) is 6.08 Å². The summed E-state index contributed by atoms with van der Waals surface area (Å²) in [5.41, 5.74) is 0. The molecule has 1 heteroatoms. The molecule has 64 valence electrons. The molecule has 1 atom stereocenters. The fourth-order valence-electron chi connectivity index (χ4n) is 1.30. The zero-order valence-electron chi connectivity index (χ0n) is 7.76. The van der Waals surface area contributed by atoms with Crippen LogP contribution in [-0.2, 0) is 4.79 Å². The van der Waals surface area contributed by atoms with Gasteiger partial charge in [-0.05, 0) is 25.7 Å². The Morgan fingerprint density at radius 1 is 1.55 bits per heavy atom. The van der Waals surface area contributed by atoms with Gasteiger partial charge in [0, 0.05) is 5.92 Å². The van der Waals surface area contributed by atoms with E-state index in [9.17, 15) is 4.79 Å². The average Bonchev–Trinajstić information content (AvgIpc) is 1.87. The maximum Gasteiger partial charge on any atom is 0.133 e. The number of ketones is 1. The van der Waals surface area contributed by atoms with Crippen molar-refractivity contribution < 1.29 is 4.79 Å². The summed E-state index contributed by atoms with van der Waals surface area (Å²) in [5, 5.41) is 0. The smallest absolute Gasteiger partial charge is 0.133 e. The molecule has 0 aliphatic carbocycles. The van der Waals surface area contributed by atoms with Crippen molar-refractivity contribution in [2.45, 2.75) is 33.6 Å². The first kappa shape index (κ1) is 10.4. The number of Topliss-reactive ketones (excluding diaryl/α,β-unsaturated/α-hetero) is 1. The fraction of sp³-hybridized carbons (Fsp3) is 0.700. The highest BCUT2D eigenvalue weighted by Crippen LogP contribution is 2.17. The number of rotatable bonds is 5. The molecule has 0 bridgehead atoms. The molecular formula is C10H18O. The lowest BCUT2D eigenvalue weighted by atomic mass is 9.88. The van der Waals surface area contributed by atoms with Crippen molar-refractivity contribution in [2.24, 2.45) is 11.8 Å². The minimum Gasteiger partial charge on any atom is -0.300 e. The van der Waals surface area contributed by atoms with Gasteiger partial charge in [0.15, 0.2) is 0 Å². The highest BCUT2D eigenvalue weighted by Gasteiger charge is 2.16. The molecule has 0 amide bonds. The zero-order valence-corrected chi connectivity index (χ0v) is 7.76. The molecule has 0 aliphatic rings. The summed E-state index contributed by atoms with van der Waals surface area (Å²) >= 11 is 0. The van der Waals surface area contributed by atoms with Gasteiger partial charge in [-0.2, -0.15) is 0 Å². The minimum absolute atomic E-state index is 0.230. The second kappa shape index (κ2) is 5.11. The van der Waals surface area contributed by atoms with E-state index in [2.05, 4.69) is 20.4 Å². The van der Waals surface area contributed by atoms with Crippen LogP contribution in [0.25, 0.3) is 0 Å². The van der Waals surface area contributed by atoms with E-state index >= 15 is 0 Å². The van der Waals surface area contributed by atoms with Gasteiger partial charge < -0.3 is 0 Å². The zero-order chi connectivity index (χ0) is 8.85. The van der Waals surface area contributed by atoms with Crippen molar-refractivity contribution in [1.29, 1.82) is 0 Å². The minimum atomic E-state index is 0.230. The van der Waals surface area contributed by atoms with E-state index in [-0.39, 0.29) is 5.92 Å². The largest absolute Gasteiger partial charge is 0.300 e. The van der Waals surface area contributed by atoms with Gasteiger partial charge in [0.2, 0.25) is 0 Å². The molecule has 0 aliphatic heterocycles. The monoisotopic (exact) mass is 154 g/mol. The average molecular weight is 154 g/mol. The molecule has 0 radical (unpaired) electrons. The predicted molar refractivity (Wildman–Crippen MR) is 48.4 cm³/mol. The summed E-state index contributed by atoms with van der Waals surface area (Å²) < 4.78 is 0. The molecule has 1 nitrogen and oxygen atoms in total. The van der Waals surface area contributed by atoms with E-state index < -0.39 is 0 Å². The Kier molecular flexibility index (Phi) is 4.84. The van der Waals surface area contributed by atoms with Gasteiger partial charge >= 0.3 is 0 Å². The van der Waals surface area contributed by atoms with Crippen molar-refractivity contribution in [3.8, 4) is 0 Å². The molecule has 0 aromatic carbocycles. The van der Waals surface area contributed by atoms with Crippen LogP contribution in [0, 0.1) is 11.8 Å². The molecule has 0 spiro atoms. The molecule has 11 heavy (non-hydrogen) atoms. The first-order valence-corrected chi connectivity index (χ1v) is 4.21. The molecular weight excluding hydrogens is 136 g/mol. The molecule has 0 saturated carbocycles. The standard InChI is InChI=1S/C10H18O/c1-5-6-7-10(8(2)3)9(4)11/h5,8,10H,1,6-7H2,2-4H3. The lowest BCUT2D eigenvalue weighted by Gasteiger charge is -2.16. The topological polar surface area (TPSA) is 17.1 Å². The van der Waals surface area contributed by atoms with Crippen LogP contribution in [0.2, 0.25) is 0 Å². The lowest BCUT2D eigenvalue weighted by molar-refractivity contribution is -0.122. The van der Waals surface area contributed by atoms with Crippen LogP contribution in [0.15, 0.2) is 12.7 Å². The van der Waals surface area contributed by atoms with Crippen molar-refractivity contribution >= 4 is 5.78 Å². The number of hydrogen-bond acceptors (Lipinski definition) is 1. The quantitative estimate of drug-likeness (QED) is 0.556. The molecule has 0 fully saturated rings. The van der Waals surface area contributed by atoms with Gasteiger partial charge in [-0.1, -0.05) is 19.9 Å². The third kappa shape index (κ3) is 3.97. The van der Waals surface area contributed by atoms with Crippen molar-refractivity contribution in [2.75, 3.05) is 0 Å². The third-order valence-electron chi connectivity index (χ3n) is 2.01. The highest BCUT2D eigenvalue weighted by atomic mass is 16.1. The first-order valence-electron chi connectivity index (χ1n) is 4.21. The van der Waals surface area contributed by atoms with Crippen LogP contribution in [0.5, 0.6) is 0 Å². The summed E-state index contributed by atoms with van der Waals surface area (Å²) in [4.78, 5) is 11.1. The molecule has 0 aromatic rings. The molecule has 0 saturated heterocycles. The Morgan fingerprint density at radius 3 is 2.36 bits per heavy atom. The number of carbonyl (C=O) groups excluding carboxylic acids is 1. The number of hydrogen-bond donors (Lipinski definition) is 0. The molecule has 0 N–H and O–H groups in total. The van der Waals surface area contributed by atoms with E-state index in [1.165, 1.54) is 0 Å². The maximum atomic E-state index is 11.1.